The fraction of sp³-hybridized carbons (Fsp3) is 0.400. The Morgan fingerprint density at radius 1 is 0.950 bits per heavy atom. The summed E-state index contributed by atoms with van der Waals surface area (Å²) in [5, 5.41) is 9.79. The van der Waals surface area contributed by atoms with E-state index in [1.165, 1.54) is 42.5 Å². The predicted octanol–water partition coefficient (Wildman–Crippen LogP) is 4.20. The third kappa shape index (κ3) is 5.60. The number of primary amides is 1. The number of nitrogens with zero attached hydrogens (tertiary/aromatic N) is 2. The van der Waals surface area contributed by atoms with Gasteiger partial charge >= 0.3 is 18.3 Å². The van der Waals surface area contributed by atoms with Crippen molar-refractivity contribution in [3.63, 3.8) is 0 Å². The van der Waals surface area contributed by atoms with E-state index >= 15 is 0 Å². The number of aliphatic hydroxyl groups is 1. The maximum absolute atomic E-state index is 14.5. The fourth-order valence-electron chi connectivity index (χ4n) is 4.13. The minimum Gasteiger partial charge on any atom is -0.382 e. The van der Waals surface area contributed by atoms with Crippen LogP contribution in [0.3, 0.4) is 0 Å². The van der Waals surface area contributed by atoms with E-state index in [0.29, 0.717) is 4.90 Å². The minimum absolute atomic E-state index is 0.0189. The van der Waals surface area contributed by atoms with Crippen LogP contribution >= 0.6 is 0 Å². The highest BCUT2D eigenvalue weighted by molar-refractivity contribution is 6.09. The van der Waals surface area contributed by atoms with Gasteiger partial charge in [0.05, 0.1) is 18.8 Å². The number of anilines is 1. The number of halogens is 8. The van der Waals surface area contributed by atoms with Gasteiger partial charge in [-0.1, -0.05) is 42.5 Å². The Kier molecular flexibility index (Phi) is 7.96. The number of carbonyl (C=O) groups is 3. The molecule has 1 heterocycles. The predicted molar refractivity (Wildman–Crippen MR) is 125 cm³/mol. The standard InChI is InChI=1S/C25H23F8N3O4/c1-22(2,20(34)39)21(40)36(12-23(26,27)25(31,32)33)18-15-9-4-3-7-13(15)14-8-5-6-10-16(14)35(19(18)38)11-17(37)24(28,29)30/h3-10,17-18,37H,11-12H2,1-2H3,(H2,34,39)/t17?,18-/m0/s1. The molecule has 1 aliphatic rings. The van der Waals surface area contributed by atoms with Gasteiger partial charge in [-0.25, -0.2) is 0 Å². The first kappa shape index (κ1) is 30.8. The van der Waals surface area contributed by atoms with E-state index in [2.05, 4.69) is 0 Å². The lowest BCUT2D eigenvalue weighted by Crippen LogP contribution is -2.58. The smallest absolute Gasteiger partial charge is 0.382 e. The van der Waals surface area contributed by atoms with Crippen LogP contribution in [-0.4, -0.2) is 65.2 Å². The lowest BCUT2D eigenvalue weighted by Gasteiger charge is -2.39. The van der Waals surface area contributed by atoms with Crippen LogP contribution in [0.5, 0.6) is 0 Å². The molecule has 0 fully saturated rings. The summed E-state index contributed by atoms with van der Waals surface area (Å²) in [6, 6.07) is 8.01. The van der Waals surface area contributed by atoms with Gasteiger partial charge in [-0.3, -0.25) is 14.4 Å². The van der Waals surface area contributed by atoms with Crippen LogP contribution in [0.25, 0.3) is 11.1 Å². The highest BCUT2D eigenvalue weighted by Crippen LogP contribution is 2.45. The zero-order valence-electron chi connectivity index (χ0n) is 20.9. The molecule has 3 amide bonds. The molecule has 0 radical (unpaired) electrons. The second kappa shape index (κ2) is 10.3. The number of benzene rings is 2. The largest absolute Gasteiger partial charge is 0.455 e. The Bertz CT molecular complexity index is 1310. The van der Waals surface area contributed by atoms with E-state index in [0.717, 1.165) is 19.9 Å². The number of aliphatic hydroxyl groups excluding tert-OH is 1. The zero-order chi connectivity index (χ0) is 30.4. The van der Waals surface area contributed by atoms with Crippen LogP contribution in [0.2, 0.25) is 0 Å². The van der Waals surface area contributed by atoms with Gasteiger partial charge in [0.2, 0.25) is 11.8 Å². The normalized spacial score (nSPS) is 17.0. The Labute approximate surface area is 222 Å². The molecule has 1 unspecified atom stereocenters. The number of para-hydroxylation sites is 1. The molecule has 0 spiro atoms. The summed E-state index contributed by atoms with van der Waals surface area (Å²) in [6.45, 7) is -2.28. The lowest BCUT2D eigenvalue weighted by molar-refractivity contribution is -0.286. The van der Waals surface area contributed by atoms with Crippen LogP contribution in [0.4, 0.5) is 40.8 Å². The fourth-order valence-corrected chi connectivity index (χ4v) is 4.13. The Morgan fingerprint density at radius 3 is 2.00 bits per heavy atom. The van der Waals surface area contributed by atoms with Crippen LogP contribution in [-0.2, 0) is 14.4 Å². The van der Waals surface area contributed by atoms with Crippen molar-refractivity contribution < 1.29 is 54.6 Å². The molecule has 2 atom stereocenters. The highest BCUT2D eigenvalue weighted by atomic mass is 19.4. The summed E-state index contributed by atoms with van der Waals surface area (Å²) in [4.78, 5) is 39.6. The molecule has 0 aromatic heterocycles. The highest BCUT2D eigenvalue weighted by Gasteiger charge is 2.61. The van der Waals surface area contributed by atoms with Crippen LogP contribution in [0.1, 0.15) is 25.5 Å². The molecule has 3 rings (SSSR count). The monoisotopic (exact) mass is 581 g/mol. The van der Waals surface area contributed by atoms with E-state index in [4.69, 9.17) is 5.73 Å². The third-order valence-corrected chi connectivity index (χ3v) is 6.48. The summed E-state index contributed by atoms with van der Waals surface area (Å²) in [5.41, 5.74) is 2.32. The van der Waals surface area contributed by atoms with Crippen molar-refractivity contribution in [2.75, 3.05) is 18.0 Å². The number of carbonyl (C=O) groups excluding carboxylic acids is 3. The van der Waals surface area contributed by atoms with Crippen LogP contribution < -0.4 is 10.6 Å². The van der Waals surface area contributed by atoms with Gasteiger partial charge < -0.3 is 20.6 Å². The van der Waals surface area contributed by atoms with Crippen molar-refractivity contribution in [3.8, 4) is 11.1 Å². The number of amides is 3. The Morgan fingerprint density at radius 2 is 1.48 bits per heavy atom. The van der Waals surface area contributed by atoms with Crippen molar-refractivity contribution in [1.82, 2.24) is 4.90 Å². The molecule has 1 aliphatic heterocycles. The summed E-state index contributed by atoms with van der Waals surface area (Å²) < 4.78 is 109. The van der Waals surface area contributed by atoms with Crippen molar-refractivity contribution in [3.05, 3.63) is 54.1 Å². The molecular formula is C25H23F8N3O4. The number of fused-ring (bicyclic) bond motifs is 3. The number of β-amino-alcohol motifs (C(OH)–C–C–N with tert-alkyl or cyclic N) is 1. The van der Waals surface area contributed by atoms with Crippen molar-refractivity contribution in [1.29, 1.82) is 0 Å². The van der Waals surface area contributed by atoms with E-state index in [1.807, 2.05) is 0 Å². The first-order chi connectivity index (χ1) is 18.2. The molecule has 2 aromatic carbocycles. The van der Waals surface area contributed by atoms with Gasteiger partial charge in [0, 0.05) is 5.56 Å². The number of alkyl halides is 8. The molecule has 0 aliphatic carbocycles. The molecule has 0 saturated heterocycles. The van der Waals surface area contributed by atoms with Crippen molar-refractivity contribution in [2.24, 2.45) is 11.1 Å². The molecule has 7 nitrogen and oxygen atoms in total. The van der Waals surface area contributed by atoms with Gasteiger partial charge in [-0.15, -0.1) is 0 Å². The molecule has 2 aromatic rings. The Hall–Kier alpha value is -3.75. The molecule has 0 saturated carbocycles. The zero-order valence-corrected chi connectivity index (χ0v) is 20.9. The summed E-state index contributed by atoms with van der Waals surface area (Å²) >= 11 is 0. The topological polar surface area (TPSA) is 104 Å². The SMILES string of the molecule is CC(C)(C(N)=O)C(=O)N(CC(F)(F)C(F)(F)F)[C@@H]1C(=O)N(CC(O)C(F)(F)F)c2ccccc2-c2ccccc21. The average Bonchev–Trinajstić information content (AvgIpc) is 2.94. The van der Waals surface area contributed by atoms with E-state index in [9.17, 15) is 54.6 Å². The maximum Gasteiger partial charge on any atom is 0.455 e. The molecule has 0 bridgehead atoms. The summed E-state index contributed by atoms with van der Waals surface area (Å²) in [7, 11) is 0. The summed E-state index contributed by atoms with van der Waals surface area (Å²) in [6.07, 6.45) is -14.6. The van der Waals surface area contributed by atoms with E-state index < -0.39 is 66.6 Å². The third-order valence-electron chi connectivity index (χ3n) is 6.48. The van der Waals surface area contributed by atoms with Crippen LogP contribution in [0, 0.1) is 5.41 Å². The van der Waals surface area contributed by atoms with E-state index in [1.54, 1.807) is 0 Å². The number of hydrogen-bond acceptors (Lipinski definition) is 4. The van der Waals surface area contributed by atoms with Gasteiger partial charge in [0.25, 0.3) is 5.91 Å². The molecule has 40 heavy (non-hydrogen) atoms. The average molecular weight is 581 g/mol. The second-order valence-corrected chi connectivity index (χ2v) is 9.64. The first-order valence-electron chi connectivity index (χ1n) is 11.5. The number of hydrogen-bond donors (Lipinski definition) is 2. The second-order valence-electron chi connectivity index (χ2n) is 9.64. The van der Waals surface area contributed by atoms with Gasteiger partial charge in [0.15, 0.2) is 6.10 Å². The summed E-state index contributed by atoms with van der Waals surface area (Å²) in [5.74, 6) is -10.3. The Balaban J connectivity index is 2.35. The van der Waals surface area contributed by atoms with E-state index in [-0.39, 0.29) is 27.3 Å². The van der Waals surface area contributed by atoms with Crippen LogP contribution in [0.15, 0.2) is 48.5 Å². The van der Waals surface area contributed by atoms with Gasteiger partial charge in [0.1, 0.15) is 11.5 Å². The van der Waals surface area contributed by atoms with Crippen molar-refractivity contribution in [2.45, 2.75) is 44.3 Å². The number of nitrogens with two attached hydrogens (primary N) is 1. The van der Waals surface area contributed by atoms with Gasteiger partial charge in [-0.2, -0.15) is 35.1 Å². The van der Waals surface area contributed by atoms with Gasteiger partial charge in [-0.05, 0) is 31.0 Å². The molecular weight excluding hydrogens is 558 g/mol. The quantitative estimate of drug-likeness (QED) is 0.378. The molecule has 3 N–H and O–H groups in total. The lowest BCUT2D eigenvalue weighted by atomic mass is 9.88. The van der Waals surface area contributed by atoms with Crippen molar-refractivity contribution >= 4 is 23.4 Å². The molecule has 218 valence electrons. The number of rotatable bonds is 7. The maximum atomic E-state index is 14.5. The first-order valence-corrected chi connectivity index (χ1v) is 11.5. The minimum atomic E-state index is -6.22. The molecule has 15 heteroatoms.